The normalized spacial score (nSPS) is 10.0. The molecule has 0 heterocycles. The molecule has 0 spiro atoms. The molecule has 0 aliphatic heterocycles. The van der Waals surface area contributed by atoms with Gasteiger partial charge in [0.2, 0.25) is 11.8 Å². The SMILES string of the molecule is CSc1cccc(NC(=O)COC(=O)c2cc(NC(C)=O)cc(NC(C)=O)c2)c1. The monoisotopic (exact) mass is 415 g/mol. The molecular weight excluding hydrogens is 394 g/mol. The van der Waals surface area contributed by atoms with Gasteiger partial charge in [-0.3, -0.25) is 14.4 Å². The first-order chi connectivity index (χ1) is 13.8. The van der Waals surface area contributed by atoms with Gasteiger partial charge in [0.1, 0.15) is 0 Å². The largest absolute Gasteiger partial charge is 0.452 e. The average molecular weight is 415 g/mol. The minimum absolute atomic E-state index is 0.0807. The lowest BCUT2D eigenvalue weighted by atomic mass is 10.1. The van der Waals surface area contributed by atoms with Crippen LogP contribution in [0.2, 0.25) is 0 Å². The summed E-state index contributed by atoms with van der Waals surface area (Å²) in [5.41, 5.74) is 1.30. The molecule has 0 unspecified atom stereocenters. The second kappa shape index (κ2) is 10.3. The standard InChI is InChI=1S/C20H21N3O5S/c1-12(24)21-16-7-14(8-17(9-16)22-13(2)25)20(27)28-11-19(26)23-15-5-4-6-18(10-15)29-3/h4-10H,11H2,1-3H3,(H,21,24)(H,22,25)(H,23,26). The maximum atomic E-state index is 12.3. The first kappa shape index (κ1) is 22.0. The Kier molecular flexibility index (Phi) is 7.79. The maximum absolute atomic E-state index is 12.3. The van der Waals surface area contributed by atoms with Crippen molar-refractivity contribution in [3.05, 3.63) is 48.0 Å². The van der Waals surface area contributed by atoms with Gasteiger partial charge in [-0.2, -0.15) is 0 Å². The number of anilines is 3. The van der Waals surface area contributed by atoms with Crippen molar-refractivity contribution in [1.82, 2.24) is 0 Å². The van der Waals surface area contributed by atoms with Gasteiger partial charge in [-0.1, -0.05) is 6.07 Å². The Hall–Kier alpha value is -3.33. The number of thioether (sulfide) groups is 1. The van der Waals surface area contributed by atoms with E-state index in [4.69, 9.17) is 4.74 Å². The van der Waals surface area contributed by atoms with E-state index in [-0.39, 0.29) is 17.4 Å². The van der Waals surface area contributed by atoms with E-state index in [1.807, 2.05) is 18.4 Å². The van der Waals surface area contributed by atoms with Crippen LogP contribution in [-0.4, -0.2) is 36.6 Å². The van der Waals surface area contributed by atoms with E-state index in [0.717, 1.165) is 4.90 Å². The van der Waals surface area contributed by atoms with Crippen molar-refractivity contribution in [2.45, 2.75) is 18.7 Å². The van der Waals surface area contributed by atoms with Crippen LogP contribution in [0.5, 0.6) is 0 Å². The van der Waals surface area contributed by atoms with Gasteiger partial charge in [-0.15, -0.1) is 11.8 Å². The smallest absolute Gasteiger partial charge is 0.338 e. The van der Waals surface area contributed by atoms with E-state index < -0.39 is 18.5 Å². The van der Waals surface area contributed by atoms with E-state index >= 15 is 0 Å². The first-order valence-electron chi connectivity index (χ1n) is 8.58. The number of carbonyl (C=O) groups excluding carboxylic acids is 4. The van der Waals surface area contributed by atoms with E-state index in [0.29, 0.717) is 17.1 Å². The average Bonchev–Trinajstić information content (AvgIpc) is 2.65. The van der Waals surface area contributed by atoms with Crippen LogP contribution in [0.25, 0.3) is 0 Å². The maximum Gasteiger partial charge on any atom is 0.338 e. The molecule has 9 heteroatoms. The number of carbonyl (C=O) groups is 4. The fourth-order valence-electron chi connectivity index (χ4n) is 2.41. The summed E-state index contributed by atoms with van der Waals surface area (Å²) in [5, 5.41) is 7.74. The highest BCUT2D eigenvalue weighted by Crippen LogP contribution is 2.21. The molecule has 8 nitrogen and oxygen atoms in total. The molecule has 0 aliphatic carbocycles. The Bertz CT molecular complexity index is 911. The molecule has 3 N–H and O–H groups in total. The van der Waals surface area contributed by atoms with Crippen molar-refractivity contribution < 1.29 is 23.9 Å². The number of hydrogen-bond acceptors (Lipinski definition) is 6. The Morgan fingerprint density at radius 3 is 2.03 bits per heavy atom. The number of hydrogen-bond donors (Lipinski definition) is 3. The van der Waals surface area contributed by atoms with Crippen molar-refractivity contribution in [1.29, 1.82) is 0 Å². The topological polar surface area (TPSA) is 114 Å². The summed E-state index contributed by atoms with van der Waals surface area (Å²) >= 11 is 1.54. The number of amides is 3. The Balaban J connectivity index is 2.05. The summed E-state index contributed by atoms with van der Waals surface area (Å²) in [4.78, 5) is 48.0. The molecule has 2 aromatic carbocycles. The Morgan fingerprint density at radius 1 is 0.862 bits per heavy atom. The predicted octanol–water partition coefficient (Wildman–Crippen LogP) is 3.12. The van der Waals surface area contributed by atoms with Gasteiger partial charge in [0.15, 0.2) is 6.61 Å². The number of ether oxygens (including phenoxy) is 1. The lowest BCUT2D eigenvalue weighted by molar-refractivity contribution is -0.119. The molecular formula is C20H21N3O5S. The van der Waals surface area contributed by atoms with Gasteiger partial charge in [-0.25, -0.2) is 4.79 Å². The number of esters is 1. The first-order valence-corrected chi connectivity index (χ1v) is 9.80. The molecule has 0 saturated heterocycles. The van der Waals surface area contributed by atoms with E-state index in [2.05, 4.69) is 16.0 Å². The second-order valence-electron chi connectivity index (χ2n) is 6.02. The van der Waals surface area contributed by atoms with Crippen LogP contribution in [0, 0.1) is 0 Å². The third kappa shape index (κ3) is 7.30. The summed E-state index contributed by atoms with van der Waals surface area (Å²) in [5.74, 6) is -1.93. The lowest BCUT2D eigenvalue weighted by Crippen LogP contribution is -2.21. The zero-order valence-corrected chi connectivity index (χ0v) is 17.0. The quantitative estimate of drug-likeness (QED) is 0.473. The van der Waals surface area contributed by atoms with E-state index in [1.54, 1.807) is 12.1 Å². The predicted molar refractivity (Wildman–Crippen MR) is 112 cm³/mol. The number of benzene rings is 2. The molecule has 152 valence electrons. The van der Waals surface area contributed by atoms with Gasteiger partial charge < -0.3 is 20.7 Å². The van der Waals surface area contributed by atoms with E-state index in [9.17, 15) is 19.2 Å². The van der Waals surface area contributed by atoms with Crippen molar-refractivity contribution in [3.63, 3.8) is 0 Å². The zero-order valence-electron chi connectivity index (χ0n) is 16.2. The third-order valence-corrected chi connectivity index (χ3v) is 4.22. The van der Waals surface area contributed by atoms with Crippen molar-refractivity contribution in [2.75, 3.05) is 28.8 Å². The van der Waals surface area contributed by atoms with Gasteiger partial charge in [0.05, 0.1) is 5.56 Å². The van der Waals surface area contributed by atoms with Crippen molar-refractivity contribution >= 4 is 52.5 Å². The van der Waals surface area contributed by atoms with Crippen LogP contribution in [0.3, 0.4) is 0 Å². The summed E-state index contributed by atoms with van der Waals surface area (Å²) in [7, 11) is 0. The van der Waals surface area contributed by atoms with Crippen LogP contribution in [0.4, 0.5) is 17.1 Å². The molecule has 0 radical (unpaired) electrons. The summed E-state index contributed by atoms with van der Waals surface area (Å²) in [6, 6.07) is 11.6. The zero-order chi connectivity index (χ0) is 21.4. The highest BCUT2D eigenvalue weighted by molar-refractivity contribution is 7.98. The van der Waals surface area contributed by atoms with Crippen LogP contribution in [-0.2, 0) is 19.1 Å². The molecule has 0 atom stereocenters. The number of rotatable bonds is 7. The van der Waals surface area contributed by atoms with Gasteiger partial charge in [0.25, 0.3) is 5.91 Å². The number of nitrogens with one attached hydrogen (secondary N) is 3. The van der Waals surface area contributed by atoms with Gasteiger partial charge in [0, 0.05) is 35.8 Å². The molecule has 29 heavy (non-hydrogen) atoms. The van der Waals surface area contributed by atoms with Crippen molar-refractivity contribution in [2.24, 2.45) is 0 Å². The van der Waals surface area contributed by atoms with Crippen molar-refractivity contribution in [3.8, 4) is 0 Å². The minimum atomic E-state index is -0.767. The molecule has 0 saturated carbocycles. The summed E-state index contributed by atoms with van der Waals surface area (Å²) in [6.07, 6.45) is 1.92. The van der Waals surface area contributed by atoms with Gasteiger partial charge in [-0.05, 0) is 42.7 Å². The van der Waals surface area contributed by atoms with Crippen LogP contribution in [0.1, 0.15) is 24.2 Å². The molecule has 3 amide bonds. The second-order valence-corrected chi connectivity index (χ2v) is 6.90. The molecule has 0 bridgehead atoms. The van der Waals surface area contributed by atoms with Gasteiger partial charge >= 0.3 is 5.97 Å². The minimum Gasteiger partial charge on any atom is -0.452 e. The molecule has 2 aromatic rings. The third-order valence-electron chi connectivity index (χ3n) is 3.50. The molecule has 0 aliphatic rings. The molecule has 0 aromatic heterocycles. The Labute approximate surface area is 172 Å². The van der Waals surface area contributed by atoms with Crippen LogP contribution >= 0.6 is 11.8 Å². The van der Waals surface area contributed by atoms with E-state index in [1.165, 1.54) is 43.8 Å². The van der Waals surface area contributed by atoms with Crippen LogP contribution < -0.4 is 16.0 Å². The fourth-order valence-corrected chi connectivity index (χ4v) is 2.87. The summed E-state index contributed by atoms with van der Waals surface area (Å²) < 4.78 is 5.06. The molecule has 2 rings (SSSR count). The highest BCUT2D eigenvalue weighted by Gasteiger charge is 2.14. The lowest BCUT2D eigenvalue weighted by Gasteiger charge is -2.11. The Morgan fingerprint density at radius 2 is 1.48 bits per heavy atom. The van der Waals surface area contributed by atoms with Crippen LogP contribution in [0.15, 0.2) is 47.4 Å². The molecule has 0 fully saturated rings. The summed E-state index contributed by atoms with van der Waals surface area (Å²) in [6.45, 7) is 2.15. The highest BCUT2D eigenvalue weighted by atomic mass is 32.2. The fraction of sp³-hybridized carbons (Fsp3) is 0.200.